The summed E-state index contributed by atoms with van der Waals surface area (Å²) in [4.78, 5) is 22.8. The van der Waals surface area contributed by atoms with Gasteiger partial charge >= 0.3 is 0 Å². The number of halogens is 1. The van der Waals surface area contributed by atoms with Gasteiger partial charge in [0.2, 0.25) is 5.91 Å². The SMILES string of the molecule is Cc1nc(CNc2ccc(F)c(C3(C)N=C(N)N(C)C(=O)C3(C)C)c2)co1. The molecule has 1 aliphatic rings. The van der Waals surface area contributed by atoms with Gasteiger partial charge in [-0.1, -0.05) is 0 Å². The molecule has 1 atom stereocenters. The molecule has 1 amide bonds. The number of aliphatic imine (C=N–C) groups is 1. The molecular formula is C19H24FN5O2. The molecule has 2 heterocycles. The van der Waals surface area contributed by atoms with E-state index in [1.807, 2.05) is 0 Å². The zero-order valence-electron chi connectivity index (χ0n) is 16.1. The Balaban J connectivity index is 1.99. The first-order chi connectivity index (χ1) is 12.6. The number of nitrogens with zero attached hydrogens (tertiary/aromatic N) is 3. The van der Waals surface area contributed by atoms with Crippen molar-refractivity contribution in [2.45, 2.75) is 39.8 Å². The quantitative estimate of drug-likeness (QED) is 0.859. The van der Waals surface area contributed by atoms with Crippen LogP contribution in [0.2, 0.25) is 0 Å². The highest BCUT2D eigenvalue weighted by Crippen LogP contribution is 2.47. The molecule has 0 fully saturated rings. The van der Waals surface area contributed by atoms with Gasteiger partial charge in [0.1, 0.15) is 17.6 Å². The average Bonchev–Trinajstić information content (AvgIpc) is 3.03. The Morgan fingerprint density at radius 3 is 2.67 bits per heavy atom. The molecule has 0 saturated carbocycles. The summed E-state index contributed by atoms with van der Waals surface area (Å²) in [5, 5.41) is 3.19. The third kappa shape index (κ3) is 3.05. The third-order valence-corrected chi connectivity index (χ3v) is 5.37. The first-order valence-corrected chi connectivity index (χ1v) is 8.64. The molecule has 0 spiro atoms. The van der Waals surface area contributed by atoms with Crippen LogP contribution < -0.4 is 11.1 Å². The lowest BCUT2D eigenvalue weighted by atomic mass is 9.67. The van der Waals surface area contributed by atoms with E-state index in [-0.39, 0.29) is 11.9 Å². The minimum atomic E-state index is -1.15. The number of nitrogens with two attached hydrogens (primary N) is 1. The number of oxazole rings is 1. The van der Waals surface area contributed by atoms with Gasteiger partial charge < -0.3 is 15.5 Å². The van der Waals surface area contributed by atoms with Crippen LogP contribution in [0.5, 0.6) is 0 Å². The molecule has 1 aromatic heterocycles. The van der Waals surface area contributed by atoms with Gasteiger partial charge in [0, 0.05) is 25.2 Å². The van der Waals surface area contributed by atoms with Gasteiger partial charge in [0.25, 0.3) is 0 Å². The smallest absolute Gasteiger partial charge is 0.237 e. The molecule has 0 aliphatic carbocycles. The van der Waals surface area contributed by atoms with Crippen LogP contribution in [-0.2, 0) is 16.9 Å². The molecule has 7 nitrogen and oxygen atoms in total. The Hall–Kier alpha value is -2.90. The summed E-state index contributed by atoms with van der Waals surface area (Å²) < 4.78 is 20.0. The maximum absolute atomic E-state index is 14.8. The third-order valence-electron chi connectivity index (χ3n) is 5.37. The standard InChI is InChI=1S/C19H24FN5O2/c1-11-23-13(10-27-11)9-22-12-6-7-15(20)14(8-12)19(4)18(2,3)16(26)25(5)17(21)24-19/h6-8,10,22H,9H2,1-5H3,(H2,21,24). The van der Waals surface area contributed by atoms with Crippen LogP contribution in [0.1, 0.15) is 37.9 Å². The Kier molecular flexibility index (Phi) is 4.45. The summed E-state index contributed by atoms with van der Waals surface area (Å²) in [6, 6.07) is 4.66. The molecule has 1 unspecified atom stereocenters. The highest BCUT2D eigenvalue weighted by atomic mass is 19.1. The molecule has 3 rings (SSSR count). The molecule has 1 aliphatic heterocycles. The van der Waals surface area contributed by atoms with Crippen LogP contribution in [0.15, 0.2) is 33.9 Å². The van der Waals surface area contributed by atoms with Gasteiger partial charge in [-0.2, -0.15) is 0 Å². The number of carbonyl (C=O) groups excluding carboxylic acids is 1. The topological polar surface area (TPSA) is 96.7 Å². The van der Waals surface area contributed by atoms with E-state index >= 15 is 0 Å². The molecule has 27 heavy (non-hydrogen) atoms. The number of aryl methyl sites for hydroxylation is 1. The number of rotatable bonds is 4. The van der Waals surface area contributed by atoms with Crippen LogP contribution >= 0.6 is 0 Å². The Bertz CT molecular complexity index is 921. The second kappa shape index (κ2) is 6.37. The summed E-state index contributed by atoms with van der Waals surface area (Å²) in [5.41, 5.74) is 5.53. The van der Waals surface area contributed by atoms with Crippen molar-refractivity contribution in [2.24, 2.45) is 16.1 Å². The maximum atomic E-state index is 14.8. The number of hydrogen-bond donors (Lipinski definition) is 2. The van der Waals surface area contributed by atoms with Crippen LogP contribution in [-0.4, -0.2) is 28.8 Å². The Morgan fingerprint density at radius 2 is 2.04 bits per heavy atom. The molecule has 2 aromatic rings. The van der Waals surface area contributed by atoms with Crippen molar-refractivity contribution in [3.8, 4) is 0 Å². The molecule has 0 saturated heterocycles. The van der Waals surface area contributed by atoms with Gasteiger partial charge in [-0.25, -0.2) is 14.4 Å². The van der Waals surface area contributed by atoms with Gasteiger partial charge in [0.05, 0.1) is 17.7 Å². The zero-order valence-corrected chi connectivity index (χ0v) is 16.1. The van der Waals surface area contributed by atoms with Gasteiger partial charge in [0.15, 0.2) is 11.9 Å². The molecular weight excluding hydrogens is 349 g/mol. The molecule has 0 radical (unpaired) electrons. The number of benzene rings is 1. The second-order valence-corrected chi connectivity index (χ2v) is 7.44. The molecule has 8 heteroatoms. The predicted molar refractivity (Wildman–Crippen MR) is 100 cm³/mol. The van der Waals surface area contributed by atoms with Crippen molar-refractivity contribution in [1.82, 2.24) is 9.88 Å². The average molecular weight is 373 g/mol. The van der Waals surface area contributed by atoms with E-state index in [1.165, 1.54) is 11.0 Å². The van der Waals surface area contributed by atoms with Crippen LogP contribution in [0.4, 0.5) is 10.1 Å². The maximum Gasteiger partial charge on any atom is 0.237 e. The summed E-state index contributed by atoms with van der Waals surface area (Å²) in [7, 11) is 1.57. The van der Waals surface area contributed by atoms with Gasteiger partial charge in [-0.3, -0.25) is 9.69 Å². The zero-order chi connectivity index (χ0) is 20.0. The monoisotopic (exact) mass is 373 g/mol. The molecule has 0 bridgehead atoms. The van der Waals surface area contributed by atoms with Crippen molar-refractivity contribution >= 4 is 17.6 Å². The van der Waals surface area contributed by atoms with E-state index in [0.717, 1.165) is 5.69 Å². The van der Waals surface area contributed by atoms with Crippen LogP contribution in [0, 0.1) is 18.2 Å². The minimum absolute atomic E-state index is 0.0673. The van der Waals surface area contributed by atoms with Crippen molar-refractivity contribution < 1.29 is 13.6 Å². The van der Waals surface area contributed by atoms with Gasteiger partial charge in [-0.05, 0) is 39.0 Å². The summed E-state index contributed by atoms with van der Waals surface area (Å²) in [5.74, 6) is -0.0104. The van der Waals surface area contributed by atoms with Crippen molar-refractivity contribution in [3.05, 3.63) is 47.4 Å². The number of carbonyl (C=O) groups is 1. The van der Waals surface area contributed by atoms with Gasteiger partial charge in [-0.15, -0.1) is 0 Å². The second-order valence-electron chi connectivity index (χ2n) is 7.44. The lowest BCUT2D eigenvalue weighted by molar-refractivity contribution is -0.140. The Labute approximate surface area is 157 Å². The lowest BCUT2D eigenvalue weighted by Crippen LogP contribution is -2.58. The largest absolute Gasteiger partial charge is 0.449 e. The molecule has 3 N–H and O–H groups in total. The van der Waals surface area contributed by atoms with E-state index < -0.39 is 16.8 Å². The first-order valence-electron chi connectivity index (χ1n) is 8.64. The number of amides is 1. The molecule has 1 aromatic carbocycles. The van der Waals surface area contributed by atoms with E-state index in [0.29, 0.717) is 23.7 Å². The summed E-state index contributed by atoms with van der Waals surface area (Å²) in [6.45, 7) is 7.42. The lowest BCUT2D eigenvalue weighted by Gasteiger charge is -2.46. The molecule has 144 valence electrons. The van der Waals surface area contributed by atoms with Crippen LogP contribution in [0.25, 0.3) is 0 Å². The number of hydrogen-bond acceptors (Lipinski definition) is 6. The normalized spacial score (nSPS) is 21.9. The Morgan fingerprint density at radius 1 is 1.33 bits per heavy atom. The number of aromatic nitrogens is 1. The predicted octanol–water partition coefficient (Wildman–Crippen LogP) is 2.76. The fraction of sp³-hybridized carbons (Fsp3) is 0.421. The fourth-order valence-corrected chi connectivity index (χ4v) is 3.26. The summed E-state index contributed by atoms with van der Waals surface area (Å²) in [6.07, 6.45) is 1.57. The minimum Gasteiger partial charge on any atom is -0.449 e. The first kappa shape index (κ1) is 18.9. The number of anilines is 1. The fourth-order valence-electron chi connectivity index (χ4n) is 3.26. The van der Waals surface area contributed by atoms with Crippen LogP contribution in [0.3, 0.4) is 0 Å². The van der Waals surface area contributed by atoms with Crippen molar-refractivity contribution in [2.75, 3.05) is 12.4 Å². The number of nitrogens with one attached hydrogen (secondary N) is 1. The highest BCUT2D eigenvalue weighted by Gasteiger charge is 2.53. The highest BCUT2D eigenvalue weighted by molar-refractivity contribution is 6.01. The summed E-state index contributed by atoms with van der Waals surface area (Å²) >= 11 is 0. The number of guanidine groups is 1. The van der Waals surface area contributed by atoms with E-state index in [1.54, 1.807) is 53.1 Å². The van der Waals surface area contributed by atoms with Crippen molar-refractivity contribution in [3.63, 3.8) is 0 Å². The van der Waals surface area contributed by atoms with E-state index in [4.69, 9.17) is 10.2 Å². The van der Waals surface area contributed by atoms with E-state index in [2.05, 4.69) is 15.3 Å². The van der Waals surface area contributed by atoms with Crippen molar-refractivity contribution in [1.29, 1.82) is 0 Å². The van der Waals surface area contributed by atoms with E-state index in [9.17, 15) is 9.18 Å².